The van der Waals surface area contributed by atoms with Crippen LogP contribution in [0.1, 0.15) is 19.8 Å². The van der Waals surface area contributed by atoms with Crippen LogP contribution < -0.4 is 5.32 Å². The van der Waals surface area contributed by atoms with Crippen LogP contribution in [0.2, 0.25) is 0 Å². The van der Waals surface area contributed by atoms with E-state index in [4.69, 9.17) is 0 Å². The van der Waals surface area contributed by atoms with Crippen LogP contribution in [0.3, 0.4) is 0 Å². The van der Waals surface area contributed by atoms with Crippen LogP contribution in [0, 0.1) is 15.9 Å². The first-order valence-electron chi connectivity index (χ1n) is 6.50. The fourth-order valence-electron chi connectivity index (χ4n) is 2.24. The lowest BCUT2D eigenvalue weighted by Crippen LogP contribution is -2.34. The number of anilines is 1. The lowest BCUT2D eigenvalue weighted by Gasteiger charge is -2.21. The summed E-state index contributed by atoms with van der Waals surface area (Å²) in [6.45, 7) is 1.91. The molecule has 0 heterocycles. The molecule has 1 aromatic carbocycles. The van der Waals surface area contributed by atoms with Gasteiger partial charge in [0.1, 0.15) is 4.90 Å². The van der Waals surface area contributed by atoms with Crippen LogP contribution in [0.5, 0.6) is 0 Å². The number of hydrogen-bond donors (Lipinski definition) is 1. The number of nitrogens with one attached hydrogen (secondary N) is 1. The summed E-state index contributed by atoms with van der Waals surface area (Å²) in [5.74, 6) is -1.12. The molecule has 0 bridgehead atoms. The van der Waals surface area contributed by atoms with Crippen LogP contribution in [0.25, 0.3) is 0 Å². The average molecular weight is 317 g/mol. The van der Waals surface area contributed by atoms with Crippen LogP contribution in [-0.4, -0.2) is 37.3 Å². The molecule has 9 heteroatoms. The van der Waals surface area contributed by atoms with E-state index in [1.165, 1.54) is 11.4 Å². The zero-order valence-corrected chi connectivity index (χ0v) is 12.5. The predicted octanol–water partition coefficient (Wildman–Crippen LogP) is 1.95. The molecule has 7 nitrogen and oxygen atoms in total. The molecule has 0 unspecified atom stereocenters. The highest BCUT2D eigenvalue weighted by atomic mass is 32.2. The number of nitro benzene ring substituents is 1. The van der Waals surface area contributed by atoms with Crippen molar-refractivity contribution < 1.29 is 17.7 Å². The van der Waals surface area contributed by atoms with Crippen molar-refractivity contribution in [3.05, 3.63) is 28.1 Å². The van der Waals surface area contributed by atoms with E-state index in [9.17, 15) is 22.9 Å². The fraction of sp³-hybridized carbons (Fsp3) is 0.500. The SMILES string of the molecule is CCN(C1CC1)S(=O)(=O)c1c(F)cc([N+](=O)[O-])cc1NC. The highest BCUT2D eigenvalue weighted by molar-refractivity contribution is 7.89. The standard InChI is InChI=1S/C12H16FN3O4S/c1-3-15(8-4-5-8)21(19,20)12-10(13)6-9(16(17)18)7-11(12)14-2/h6-8,14H,3-5H2,1-2H3. The Morgan fingerprint density at radius 2 is 2.10 bits per heavy atom. The van der Waals surface area contributed by atoms with E-state index in [0.29, 0.717) is 6.07 Å². The number of nitro groups is 1. The molecular formula is C12H16FN3O4S. The van der Waals surface area contributed by atoms with Crippen LogP contribution in [0.15, 0.2) is 17.0 Å². The normalized spacial score (nSPS) is 15.2. The van der Waals surface area contributed by atoms with E-state index in [0.717, 1.165) is 18.9 Å². The molecule has 0 radical (unpaired) electrons. The monoisotopic (exact) mass is 317 g/mol. The van der Waals surface area contributed by atoms with E-state index in [2.05, 4.69) is 5.32 Å². The maximum absolute atomic E-state index is 14.2. The second-order valence-electron chi connectivity index (χ2n) is 4.75. The topological polar surface area (TPSA) is 92.5 Å². The summed E-state index contributed by atoms with van der Waals surface area (Å²) in [5.41, 5.74) is -0.605. The Labute approximate surface area is 122 Å². The van der Waals surface area contributed by atoms with E-state index >= 15 is 0 Å². The Bertz CT molecular complexity index is 673. The maximum atomic E-state index is 14.2. The third-order valence-electron chi connectivity index (χ3n) is 3.34. The van der Waals surface area contributed by atoms with E-state index in [-0.39, 0.29) is 18.3 Å². The largest absolute Gasteiger partial charge is 0.387 e. The van der Waals surface area contributed by atoms with Crippen molar-refractivity contribution in [3.63, 3.8) is 0 Å². The first-order valence-corrected chi connectivity index (χ1v) is 7.94. The Hall–Kier alpha value is -1.74. The summed E-state index contributed by atoms with van der Waals surface area (Å²) in [7, 11) is -2.64. The van der Waals surface area contributed by atoms with Crippen molar-refractivity contribution in [1.82, 2.24) is 4.31 Å². The van der Waals surface area contributed by atoms with Crippen molar-refractivity contribution in [2.75, 3.05) is 18.9 Å². The molecule has 0 amide bonds. The van der Waals surface area contributed by atoms with Gasteiger partial charge in [-0.3, -0.25) is 10.1 Å². The van der Waals surface area contributed by atoms with Crippen LogP contribution in [0.4, 0.5) is 15.8 Å². The van der Waals surface area contributed by atoms with Gasteiger partial charge in [0.2, 0.25) is 10.0 Å². The summed E-state index contributed by atoms with van der Waals surface area (Å²) in [6, 6.07) is 1.55. The van der Waals surface area contributed by atoms with Gasteiger partial charge in [0.15, 0.2) is 5.82 Å². The van der Waals surface area contributed by atoms with Gasteiger partial charge in [-0.1, -0.05) is 6.92 Å². The van der Waals surface area contributed by atoms with Gasteiger partial charge in [0, 0.05) is 25.7 Å². The molecule has 0 aliphatic heterocycles. The molecule has 1 N–H and O–H groups in total. The third-order valence-corrected chi connectivity index (χ3v) is 5.45. The number of nitrogens with zero attached hydrogens (tertiary/aromatic N) is 2. The van der Waals surface area contributed by atoms with Gasteiger partial charge in [-0.15, -0.1) is 0 Å². The summed E-state index contributed by atoms with van der Waals surface area (Å²) in [4.78, 5) is 9.44. The smallest absolute Gasteiger partial charge is 0.274 e. The number of halogens is 1. The minimum atomic E-state index is -4.03. The van der Waals surface area contributed by atoms with Gasteiger partial charge in [0.05, 0.1) is 16.7 Å². The first-order chi connectivity index (χ1) is 9.82. The minimum Gasteiger partial charge on any atom is -0.387 e. The van der Waals surface area contributed by atoms with Crippen molar-refractivity contribution >= 4 is 21.4 Å². The zero-order chi connectivity index (χ0) is 15.8. The first kappa shape index (κ1) is 15.6. The van der Waals surface area contributed by atoms with Crippen LogP contribution in [-0.2, 0) is 10.0 Å². The molecule has 0 atom stereocenters. The van der Waals surface area contributed by atoms with Crippen LogP contribution >= 0.6 is 0 Å². The molecule has 2 rings (SSSR count). The van der Waals surface area contributed by atoms with Crippen molar-refractivity contribution in [1.29, 1.82) is 0 Å². The highest BCUT2D eigenvalue weighted by Crippen LogP contribution is 2.36. The van der Waals surface area contributed by atoms with Gasteiger partial charge in [-0.2, -0.15) is 4.31 Å². The lowest BCUT2D eigenvalue weighted by atomic mass is 10.2. The van der Waals surface area contributed by atoms with Gasteiger partial charge in [0.25, 0.3) is 5.69 Å². The number of sulfonamides is 1. The minimum absolute atomic E-state index is 0.110. The van der Waals surface area contributed by atoms with Crippen molar-refractivity contribution in [2.45, 2.75) is 30.7 Å². The van der Waals surface area contributed by atoms with Gasteiger partial charge in [-0.05, 0) is 12.8 Å². The quantitative estimate of drug-likeness (QED) is 0.639. The number of rotatable bonds is 6. The molecule has 0 saturated heterocycles. The number of hydrogen-bond acceptors (Lipinski definition) is 5. The molecule has 0 aromatic heterocycles. The molecule has 1 saturated carbocycles. The molecule has 0 spiro atoms. The Balaban J connectivity index is 2.59. The van der Waals surface area contributed by atoms with Gasteiger partial charge in [-0.25, -0.2) is 12.8 Å². The summed E-state index contributed by atoms with van der Waals surface area (Å²) in [6.07, 6.45) is 1.49. The number of benzene rings is 1. The Morgan fingerprint density at radius 1 is 1.48 bits per heavy atom. The predicted molar refractivity (Wildman–Crippen MR) is 75.2 cm³/mol. The van der Waals surface area contributed by atoms with Crippen molar-refractivity contribution in [3.8, 4) is 0 Å². The summed E-state index contributed by atoms with van der Waals surface area (Å²) in [5, 5.41) is 13.3. The molecule has 1 aliphatic carbocycles. The van der Waals surface area contributed by atoms with Crippen molar-refractivity contribution in [2.24, 2.45) is 0 Å². The van der Waals surface area contributed by atoms with E-state index in [1.807, 2.05) is 0 Å². The molecule has 21 heavy (non-hydrogen) atoms. The zero-order valence-electron chi connectivity index (χ0n) is 11.7. The molecule has 1 aromatic rings. The van der Waals surface area contributed by atoms with E-state index in [1.54, 1.807) is 6.92 Å². The maximum Gasteiger partial charge on any atom is 0.274 e. The molecule has 1 fully saturated rings. The number of non-ortho nitro benzene ring substituents is 1. The highest BCUT2D eigenvalue weighted by Gasteiger charge is 2.39. The molecule has 1 aliphatic rings. The van der Waals surface area contributed by atoms with Gasteiger partial charge >= 0.3 is 0 Å². The lowest BCUT2D eigenvalue weighted by molar-refractivity contribution is -0.385. The van der Waals surface area contributed by atoms with E-state index < -0.39 is 31.3 Å². The molecule has 116 valence electrons. The fourth-order valence-corrected chi connectivity index (χ4v) is 4.16. The third kappa shape index (κ3) is 2.84. The second-order valence-corrected chi connectivity index (χ2v) is 6.58. The average Bonchev–Trinajstić information content (AvgIpc) is 3.22. The Morgan fingerprint density at radius 3 is 2.52 bits per heavy atom. The summed E-state index contributed by atoms with van der Waals surface area (Å²) >= 11 is 0. The molecular weight excluding hydrogens is 301 g/mol. The van der Waals surface area contributed by atoms with Gasteiger partial charge < -0.3 is 5.32 Å². The Kier molecular flexibility index (Phi) is 4.15. The summed E-state index contributed by atoms with van der Waals surface area (Å²) < 4.78 is 40.6. The second kappa shape index (κ2) is 5.57.